The van der Waals surface area contributed by atoms with E-state index in [9.17, 15) is 4.79 Å². The van der Waals surface area contributed by atoms with Gasteiger partial charge in [0.25, 0.3) is 0 Å². The van der Waals surface area contributed by atoms with Crippen molar-refractivity contribution >= 4 is 17.5 Å². The second kappa shape index (κ2) is 7.28. The molecular weight excluding hydrogens is 284 g/mol. The number of piperidine rings is 1. The van der Waals surface area contributed by atoms with Crippen LogP contribution in [-0.4, -0.2) is 42.4 Å². The summed E-state index contributed by atoms with van der Waals surface area (Å²) in [6, 6.07) is 7.78. The van der Waals surface area contributed by atoms with Gasteiger partial charge in [-0.3, -0.25) is 9.69 Å². The van der Waals surface area contributed by atoms with Gasteiger partial charge < -0.3 is 4.90 Å². The zero-order chi connectivity index (χ0) is 15.4. The van der Waals surface area contributed by atoms with Crippen LogP contribution in [0, 0.1) is 5.92 Å². The van der Waals surface area contributed by atoms with E-state index in [2.05, 4.69) is 18.7 Å². The van der Waals surface area contributed by atoms with Crippen molar-refractivity contribution in [3.8, 4) is 0 Å². The largest absolute Gasteiger partial charge is 0.338 e. The summed E-state index contributed by atoms with van der Waals surface area (Å²) in [7, 11) is 1.88. The maximum Gasteiger partial charge on any atom is 0.236 e. The first-order chi connectivity index (χ1) is 9.97. The molecule has 3 nitrogen and oxygen atoms in total. The average Bonchev–Trinajstić information content (AvgIpc) is 2.46. The molecule has 1 heterocycles. The van der Waals surface area contributed by atoms with Crippen LogP contribution in [0.15, 0.2) is 24.3 Å². The monoisotopic (exact) mass is 308 g/mol. The van der Waals surface area contributed by atoms with Gasteiger partial charge in [-0.2, -0.15) is 0 Å². The SMILES string of the molecule is CC1CCCN(CC(=O)N(C)C(C)c2ccc(Cl)cc2)C1. The molecule has 0 radical (unpaired) electrons. The van der Waals surface area contributed by atoms with E-state index in [0.29, 0.717) is 12.5 Å². The maximum atomic E-state index is 12.5. The highest BCUT2D eigenvalue weighted by Gasteiger charge is 2.22. The molecule has 4 heteroatoms. The fourth-order valence-corrected chi connectivity index (χ4v) is 3.04. The molecule has 2 unspecified atom stereocenters. The fraction of sp³-hybridized carbons (Fsp3) is 0.588. The average molecular weight is 309 g/mol. The summed E-state index contributed by atoms with van der Waals surface area (Å²) in [5, 5.41) is 0.724. The number of likely N-dealkylation sites (N-methyl/N-ethyl adjacent to an activating group) is 1. The Kier molecular flexibility index (Phi) is 5.65. The van der Waals surface area contributed by atoms with Crippen LogP contribution in [0.5, 0.6) is 0 Å². The number of likely N-dealkylation sites (tertiary alicyclic amines) is 1. The van der Waals surface area contributed by atoms with E-state index in [1.165, 1.54) is 12.8 Å². The van der Waals surface area contributed by atoms with Gasteiger partial charge in [-0.25, -0.2) is 0 Å². The lowest BCUT2D eigenvalue weighted by Gasteiger charge is -2.33. The molecule has 1 aliphatic heterocycles. The van der Waals surface area contributed by atoms with Crippen molar-refractivity contribution < 1.29 is 4.79 Å². The highest BCUT2D eigenvalue weighted by molar-refractivity contribution is 6.30. The van der Waals surface area contributed by atoms with Crippen molar-refractivity contribution in [1.82, 2.24) is 9.80 Å². The lowest BCUT2D eigenvalue weighted by atomic mass is 10.0. The van der Waals surface area contributed by atoms with Gasteiger partial charge in [-0.15, -0.1) is 0 Å². The third-order valence-electron chi connectivity index (χ3n) is 4.43. The molecule has 1 amide bonds. The number of hydrogen-bond acceptors (Lipinski definition) is 2. The Morgan fingerprint density at radius 3 is 2.71 bits per heavy atom. The minimum absolute atomic E-state index is 0.0666. The third kappa shape index (κ3) is 4.45. The number of nitrogens with zero attached hydrogens (tertiary/aromatic N) is 2. The van der Waals surface area contributed by atoms with Gasteiger partial charge in [0.05, 0.1) is 12.6 Å². The zero-order valence-corrected chi connectivity index (χ0v) is 13.9. The summed E-state index contributed by atoms with van der Waals surface area (Å²) in [4.78, 5) is 16.6. The van der Waals surface area contributed by atoms with Crippen LogP contribution in [0.3, 0.4) is 0 Å². The van der Waals surface area contributed by atoms with E-state index in [4.69, 9.17) is 11.6 Å². The van der Waals surface area contributed by atoms with Crippen LogP contribution in [0.1, 0.15) is 38.3 Å². The number of carbonyl (C=O) groups is 1. The van der Waals surface area contributed by atoms with Gasteiger partial charge >= 0.3 is 0 Å². The van der Waals surface area contributed by atoms with Crippen molar-refractivity contribution in [3.63, 3.8) is 0 Å². The predicted octanol–water partition coefficient (Wildman–Crippen LogP) is 3.59. The van der Waals surface area contributed by atoms with Crippen molar-refractivity contribution in [1.29, 1.82) is 0 Å². The predicted molar refractivity (Wildman–Crippen MR) is 87.5 cm³/mol. The summed E-state index contributed by atoms with van der Waals surface area (Å²) in [6.07, 6.45) is 2.48. The second-order valence-corrected chi connectivity index (χ2v) is 6.65. The van der Waals surface area contributed by atoms with Crippen molar-refractivity contribution in [3.05, 3.63) is 34.9 Å². The second-order valence-electron chi connectivity index (χ2n) is 6.21. The molecule has 1 aromatic rings. The molecule has 0 bridgehead atoms. The van der Waals surface area contributed by atoms with Crippen LogP contribution in [0.2, 0.25) is 5.02 Å². The van der Waals surface area contributed by atoms with E-state index < -0.39 is 0 Å². The number of carbonyl (C=O) groups excluding carboxylic acids is 1. The van der Waals surface area contributed by atoms with Crippen molar-refractivity contribution in [2.24, 2.45) is 5.92 Å². The molecule has 1 saturated heterocycles. The van der Waals surface area contributed by atoms with Gasteiger partial charge in [0.2, 0.25) is 5.91 Å². The van der Waals surface area contributed by atoms with Crippen molar-refractivity contribution in [2.75, 3.05) is 26.7 Å². The molecule has 0 aromatic heterocycles. The number of benzene rings is 1. The van der Waals surface area contributed by atoms with E-state index in [1.807, 2.05) is 36.2 Å². The Balaban J connectivity index is 1.93. The molecule has 116 valence electrons. The first-order valence-electron chi connectivity index (χ1n) is 7.71. The van der Waals surface area contributed by atoms with Crippen LogP contribution >= 0.6 is 11.6 Å². The number of rotatable bonds is 4. The molecule has 2 atom stereocenters. The van der Waals surface area contributed by atoms with Gasteiger partial charge in [-0.05, 0) is 49.9 Å². The topological polar surface area (TPSA) is 23.6 Å². The number of halogens is 1. The lowest BCUT2D eigenvalue weighted by Crippen LogP contribution is -2.43. The number of hydrogen-bond donors (Lipinski definition) is 0. The van der Waals surface area contributed by atoms with Gasteiger partial charge in [-0.1, -0.05) is 30.7 Å². The van der Waals surface area contributed by atoms with Crippen LogP contribution in [0.4, 0.5) is 0 Å². The fourth-order valence-electron chi connectivity index (χ4n) is 2.91. The first-order valence-corrected chi connectivity index (χ1v) is 8.08. The quantitative estimate of drug-likeness (QED) is 0.848. The van der Waals surface area contributed by atoms with Gasteiger partial charge in [0.15, 0.2) is 0 Å². The van der Waals surface area contributed by atoms with Gasteiger partial charge in [0, 0.05) is 18.6 Å². The summed E-state index contributed by atoms with van der Waals surface area (Å²) in [5.41, 5.74) is 1.11. The molecule has 0 aliphatic carbocycles. The smallest absolute Gasteiger partial charge is 0.236 e. The first kappa shape index (κ1) is 16.3. The molecule has 1 aromatic carbocycles. The molecule has 21 heavy (non-hydrogen) atoms. The molecule has 1 aliphatic rings. The van der Waals surface area contributed by atoms with Crippen LogP contribution in [0.25, 0.3) is 0 Å². The van der Waals surface area contributed by atoms with E-state index in [1.54, 1.807) is 0 Å². The summed E-state index contributed by atoms with van der Waals surface area (Å²) in [6.45, 7) is 6.92. The standard InChI is InChI=1S/C17H25ClN2O/c1-13-5-4-10-20(11-13)12-17(21)19(3)14(2)15-6-8-16(18)9-7-15/h6-9,13-14H,4-5,10-12H2,1-3H3. The van der Waals surface area contributed by atoms with Gasteiger partial charge in [0.1, 0.15) is 0 Å². The molecule has 1 fully saturated rings. The molecule has 2 rings (SSSR count). The highest BCUT2D eigenvalue weighted by Crippen LogP contribution is 2.21. The highest BCUT2D eigenvalue weighted by atomic mass is 35.5. The minimum Gasteiger partial charge on any atom is -0.338 e. The molecular formula is C17H25ClN2O. The van der Waals surface area contributed by atoms with E-state index >= 15 is 0 Å². The molecule has 0 N–H and O–H groups in total. The van der Waals surface area contributed by atoms with E-state index in [-0.39, 0.29) is 11.9 Å². The Morgan fingerprint density at radius 1 is 1.43 bits per heavy atom. The number of amides is 1. The summed E-state index contributed by atoms with van der Waals surface area (Å²) < 4.78 is 0. The Hall–Kier alpha value is -1.06. The zero-order valence-electron chi connectivity index (χ0n) is 13.2. The Labute approximate surface area is 132 Å². The summed E-state index contributed by atoms with van der Waals surface area (Å²) in [5.74, 6) is 0.886. The Morgan fingerprint density at radius 2 is 2.10 bits per heavy atom. The van der Waals surface area contributed by atoms with E-state index in [0.717, 1.165) is 23.7 Å². The lowest BCUT2D eigenvalue weighted by molar-refractivity contribution is -0.133. The normalized spacial score (nSPS) is 21.0. The van der Waals surface area contributed by atoms with Crippen molar-refractivity contribution in [2.45, 2.75) is 32.7 Å². The summed E-state index contributed by atoms with van der Waals surface area (Å²) >= 11 is 5.91. The molecule has 0 saturated carbocycles. The van der Waals surface area contributed by atoms with Crippen LogP contribution in [-0.2, 0) is 4.79 Å². The molecule has 0 spiro atoms. The third-order valence-corrected chi connectivity index (χ3v) is 4.68. The minimum atomic E-state index is 0.0666. The van der Waals surface area contributed by atoms with Crippen LogP contribution < -0.4 is 0 Å². The maximum absolute atomic E-state index is 12.5. The Bertz CT molecular complexity index is 474.